The number of unbranched alkanes of at least 4 members (excludes halogenated alkanes) is 2. The van der Waals surface area contributed by atoms with Crippen LogP contribution < -0.4 is 0 Å². The quantitative estimate of drug-likeness (QED) is 0.385. The smallest absolute Gasteiger partial charge is 0.104 e. The summed E-state index contributed by atoms with van der Waals surface area (Å²) in [6.07, 6.45) is 3.76. The molecule has 0 heterocycles. The fourth-order valence-electron chi connectivity index (χ4n) is 1.60. The Hall–Kier alpha value is -0.530. The average molecular weight is 198 g/mol. The average Bonchev–Trinajstić information content (AvgIpc) is 2.01. The highest BCUT2D eigenvalue weighted by molar-refractivity contribution is 5.86. The molecule has 2 nitrogen and oxygen atoms in total. The Balaban J connectivity index is 4.21. The van der Waals surface area contributed by atoms with Crippen molar-refractivity contribution in [1.29, 1.82) is 0 Å². The molecule has 0 saturated carbocycles. The lowest BCUT2D eigenvalue weighted by Gasteiger charge is -2.27. The van der Waals surface area contributed by atoms with Crippen LogP contribution in [0.3, 0.4) is 0 Å². The Morgan fingerprint density at radius 3 is 2.07 bits per heavy atom. The maximum Gasteiger partial charge on any atom is 0.104 e. The standard InChI is InChI=1S/C12H26N2/c1-7-8-9-10-13-11(14(5)6)12(2,3)4/h7-10H2,1-6H3. The van der Waals surface area contributed by atoms with Crippen LogP contribution in [0.5, 0.6) is 0 Å². The van der Waals surface area contributed by atoms with Gasteiger partial charge in [-0.2, -0.15) is 0 Å². The molecule has 0 bridgehead atoms. The molecule has 0 N–H and O–H groups in total. The molecule has 84 valence electrons. The summed E-state index contributed by atoms with van der Waals surface area (Å²) in [6.45, 7) is 9.84. The Kier molecular flexibility index (Phi) is 5.82. The first-order chi connectivity index (χ1) is 6.39. The molecule has 0 rings (SSSR count). The first kappa shape index (κ1) is 13.5. The molecule has 0 saturated heterocycles. The molecule has 0 aliphatic rings. The van der Waals surface area contributed by atoms with Crippen LogP contribution >= 0.6 is 0 Å². The molecule has 0 aromatic heterocycles. The topological polar surface area (TPSA) is 15.6 Å². The van der Waals surface area contributed by atoms with E-state index in [9.17, 15) is 0 Å². The van der Waals surface area contributed by atoms with Crippen LogP contribution in [0, 0.1) is 5.41 Å². The summed E-state index contributed by atoms with van der Waals surface area (Å²) in [5.41, 5.74) is 0.162. The summed E-state index contributed by atoms with van der Waals surface area (Å²) in [4.78, 5) is 6.81. The lowest BCUT2D eigenvalue weighted by Crippen LogP contribution is -2.34. The van der Waals surface area contributed by atoms with Gasteiger partial charge in [0.05, 0.1) is 0 Å². The van der Waals surface area contributed by atoms with Crippen molar-refractivity contribution in [3.63, 3.8) is 0 Å². The van der Waals surface area contributed by atoms with Crippen LogP contribution in [-0.4, -0.2) is 31.4 Å². The molecule has 0 aromatic carbocycles. The van der Waals surface area contributed by atoms with Gasteiger partial charge in [-0.25, -0.2) is 0 Å². The lowest BCUT2D eigenvalue weighted by molar-refractivity contribution is 0.476. The van der Waals surface area contributed by atoms with Crippen molar-refractivity contribution in [3.8, 4) is 0 Å². The molecule has 0 fully saturated rings. The molecule has 0 amide bonds. The number of hydrogen-bond donors (Lipinski definition) is 0. The van der Waals surface area contributed by atoms with E-state index in [4.69, 9.17) is 0 Å². The van der Waals surface area contributed by atoms with Gasteiger partial charge >= 0.3 is 0 Å². The van der Waals surface area contributed by atoms with Gasteiger partial charge in [-0.1, -0.05) is 40.5 Å². The van der Waals surface area contributed by atoms with Crippen molar-refractivity contribution in [3.05, 3.63) is 0 Å². The van der Waals surface area contributed by atoms with Crippen LogP contribution in [0.4, 0.5) is 0 Å². The molecular weight excluding hydrogens is 172 g/mol. The second kappa shape index (κ2) is 6.05. The number of rotatable bonds is 4. The van der Waals surface area contributed by atoms with E-state index in [1.165, 1.54) is 25.1 Å². The molecule has 0 unspecified atom stereocenters. The van der Waals surface area contributed by atoms with Gasteiger partial charge in [0.2, 0.25) is 0 Å². The zero-order valence-corrected chi connectivity index (χ0v) is 10.7. The fraction of sp³-hybridized carbons (Fsp3) is 0.917. The zero-order valence-electron chi connectivity index (χ0n) is 10.7. The Morgan fingerprint density at radius 1 is 1.14 bits per heavy atom. The largest absolute Gasteiger partial charge is 0.366 e. The first-order valence-corrected chi connectivity index (χ1v) is 5.61. The number of aliphatic imine (C=N–C) groups is 1. The minimum absolute atomic E-state index is 0.162. The van der Waals surface area contributed by atoms with E-state index in [1.54, 1.807) is 0 Å². The summed E-state index contributed by atoms with van der Waals surface area (Å²) in [7, 11) is 4.15. The maximum atomic E-state index is 4.67. The van der Waals surface area contributed by atoms with Gasteiger partial charge in [0.15, 0.2) is 0 Å². The van der Waals surface area contributed by atoms with Gasteiger partial charge in [0.25, 0.3) is 0 Å². The third-order valence-electron chi connectivity index (χ3n) is 2.12. The maximum absolute atomic E-state index is 4.67. The third-order valence-corrected chi connectivity index (χ3v) is 2.12. The molecular formula is C12H26N2. The summed E-state index contributed by atoms with van der Waals surface area (Å²) in [6, 6.07) is 0. The van der Waals surface area contributed by atoms with E-state index < -0.39 is 0 Å². The summed E-state index contributed by atoms with van der Waals surface area (Å²) >= 11 is 0. The number of amidine groups is 1. The van der Waals surface area contributed by atoms with E-state index in [1.807, 2.05) is 0 Å². The van der Waals surface area contributed by atoms with E-state index in [-0.39, 0.29) is 5.41 Å². The van der Waals surface area contributed by atoms with Gasteiger partial charge in [-0.3, -0.25) is 4.99 Å². The van der Waals surface area contributed by atoms with Crippen LogP contribution in [0.1, 0.15) is 47.0 Å². The summed E-state index contributed by atoms with van der Waals surface area (Å²) in [5, 5.41) is 0. The van der Waals surface area contributed by atoms with Crippen LogP contribution in [0.15, 0.2) is 4.99 Å². The van der Waals surface area contributed by atoms with Gasteiger partial charge < -0.3 is 4.90 Å². The van der Waals surface area contributed by atoms with Crippen LogP contribution in [0.2, 0.25) is 0 Å². The summed E-state index contributed by atoms with van der Waals surface area (Å²) in [5.74, 6) is 1.20. The second-order valence-electron chi connectivity index (χ2n) is 5.06. The highest BCUT2D eigenvalue weighted by Gasteiger charge is 2.20. The molecule has 0 radical (unpaired) electrons. The minimum Gasteiger partial charge on any atom is -0.366 e. The van der Waals surface area contributed by atoms with Gasteiger partial charge in [0, 0.05) is 26.1 Å². The van der Waals surface area contributed by atoms with Crippen molar-refractivity contribution in [2.75, 3.05) is 20.6 Å². The van der Waals surface area contributed by atoms with Crippen LogP contribution in [-0.2, 0) is 0 Å². The monoisotopic (exact) mass is 198 g/mol. The van der Waals surface area contributed by atoms with Crippen molar-refractivity contribution < 1.29 is 0 Å². The molecule has 0 aliphatic heterocycles. The normalized spacial score (nSPS) is 13.1. The Labute approximate surface area is 89.4 Å². The van der Waals surface area contributed by atoms with Gasteiger partial charge in [-0.05, 0) is 6.42 Å². The fourth-order valence-corrected chi connectivity index (χ4v) is 1.60. The minimum atomic E-state index is 0.162. The van der Waals surface area contributed by atoms with E-state index in [2.05, 4.69) is 51.7 Å². The van der Waals surface area contributed by atoms with E-state index in [0.717, 1.165) is 6.54 Å². The van der Waals surface area contributed by atoms with E-state index >= 15 is 0 Å². The predicted octanol–water partition coefficient (Wildman–Crippen LogP) is 3.18. The summed E-state index contributed by atoms with van der Waals surface area (Å²) < 4.78 is 0. The molecule has 2 heteroatoms. The Bertz CT molecular complexity index is 175. The second-order valence-corrected chi connectivity index (χ2v) is 5.06. The number of hydrogen-bond acceptors (Lipinski definition) is 1. The SMILES string of the molecule is CCCCCN=C(N(C)C)C(C)(C)C. The highest BCUT2D eigenvalue weighted by atomic mass is 15.1. The van der Waals surface area contributed by atoms with Gasteiger partial charge in [0.1, 0.15) is 5.84 Å². The lowest BCUT2D eigenvalue weighted by atomic mass is 9.94. The highest BCUT2D eigenvalue weighted by Crippen LogP contribution is 2.17. The number of nitrogens with zero attached hydrogens (tertiary/aromatic N) is 2. The van der Waals surface area contributed by atoms with E-state index in [0.29, 0.717) is 0 Å². The van der Waals surface area contributed by atoms with Crippen molar-refractivity contribution in [2.24, 2.45) is 10.4 Å². The van der Waals surface area contributed by atoms with Crippen molar-refractivity contribution in [1.82, 2.24) is 4.90 Å². The molecule has 0 aromatic rings. The first-order valence-electron chi connectivity index (χ1n) is 5.61. The third kappa shape index (κ3) is 5.25. The molecule has 14 heavy (non-hydrogen) atoms. The molecule has 0 atom stereocenters. The van der Waals surface area contributed by atoms with Crippen molar-refractivity contribution in [2.45, 2.75) is 47.0 Å². The van der Waals surface area contributed by atoms with Crippen molar-refractivity contribution >= 4 is 5.84 Å². The molecule has 0 spiro atoms. The predicted molar refractivity (Wildman–Crippen MR) is 65.0 cm³/mol. The Morgan fingerprint density at radius 2 is 1.71 bits per heavy atom. The molecule has 0 aliphatic carbocycles. The van der Waals surface area contributed by atoms with Gasteiger partial charge in [-0.15, -0.1) is 0 Å². The zero-order chi connectivity index (χ0) is 11.2. The van der Waals surface area contributed by atoms with Crippen LogP contribution in [0.25, 0.3) is 0 Å².